The van der Waals surface area contributed by atoms with Crippen LogP contribution in [0.3, 0.4) is 0 Å². The van der Waals surface area contributed by atoms with Crippen LogP contribution in [0.4, 0.5) is 4.39 Å². The number of halogens is 1. The van der Waals surface area contributed by atoms with E-state index in [0.717, 1.165) is 35.0 Å². The molecule has 1 aromatic carbocycles. The Kier molecular flexibility index (Phi) is 5.44. The van der Waals surface area contributed by atoms with Gasteiger partial charge in [0.25, 0.3) is 5.56 Å². The summed E-state index contributed by atoms with van der Waals surface area (Å²) in [6.07, 6.45) is 3.11. The van der Waals surface area contributed by atoms with Gasteiger partial charge in [-0.05, 0) is 62.4 Å². The molecule has 0 unspecified atom stereocenters. The molecule has 1 aliphatic rings. The third-order valence-electron chi connectivity index (χ3n) is 5.89. The highest BCUT2D eigenvalue weighted by molar-refractivity contribution is 7.18. The van der Waals surface area contributed by atoms with E-state index in [1.54, 1.807) is 17.4 Å². The van der Waals surface area contributed by atoms with Gasteiger partial charge in [0, 0.05) is 11.4 Å². The number of nitrogens with zero attached hydrogens (tertiary/aromatic N) is 2. The van der Waals surface area contributed by atoms with Crippen molar-refractivity contribution in [2.75, 3.05) is 14.2 Å². The SMILES string of the molecule is COc1ccc(CN(C)[C@H](C)c2nc3sc4c(c3c(=O)[nH]2)CC[C@@H](C)C4)cc1F. The molecule has 0 fully saturated rings. The van der Waals surface area contributed by atoms with E-state index >= 15 is 0 Å². The number of nitrogens with one attached hydrogen (secondary N) is 1. The molecule has 4 rings (SSSR count). The van der Waals surface area contributed by atoms with Gasteiger partial charge in [-0.25, -0.2) is 9.37 Å². The topological polar surface area (TPSA) is 58.2 Å². The Morgan fingerprint density at radius 2 is 2.24 bits per heavy atom. The number of ether oxygens (including phenoxy) is 1. The molecule has 5 nitrogen and oxygen atoms in total. The Balaban J connectivity index is 1.60. The molecule has 1 N–H and O–H groups in total. The van der Waals surface area contributed by atoms with Crippen LogP contribution in [0.1, 0.15) is 48.1 Å². The average Bonchev–Trinajstić information content (AvgIpc) is 3.05. The Labute approximate surface area is 173 Å². The van der Waals surface area contributed by atoms with Crippen molar-refractivity contribution in [3.63, 3.8) is 0 Å². The molecular weight excluding hydrogens is 389 g/mol. The van der Waals surface area contributed by atoms with E-state index in [-0.39, 0.29) is 23.2 Å². The fourth-order valence-corrected chi connectivity index (χ4v) is 5.40. The summed E-state index contributed by atoms with van der Waals surface area (Å²) in [4.78, 5) is 24.8. The zero-order chi connectivity index (χ0) is 20.7. The third kappa shape index (κ3) is 3.81. The predicted molar refractivity (Wildman–Crippen MR) is 114 cm³/mol. The maximum Gasteiger partial charge on any atom is 0.259 e. The second kappa shape index (κ2) is 7.88. The van der Waals surface area contributed by atoms with Gasteiger partial charge in [-0.15, -0.1) is 11.3 Å². The van der Waals surface area contributed by atoms with Crippen molar-refractivity contribution >= 4 is 21.6 Å². The van der Waals surface area contributed by atoms with Gasteiger partial charge < -0.3 is 9.72 Å². The van der Waals surface area contributed by atoms with Crippen molar-refractivity contribution in [2.24, 2.45) is 5.92 Å². The number of rotatable bonds is 5. The van der Waals surface area contributed by atoms with Crippen LogP contribution in [0.25, 0.3) is 10.2 Å². The number of H-pyrrole nitrogens is 1. The summed E-state index contributed by atoms with van der Waals surface area (Å²) >= 11 is 1.66. The highest BCUT2D eigenvalue weighted by Gasteiger charge is 2.24. The lowest BCUT2D eigenvalue weighted by molar-refractivity contribution is 0.243. The standard InChI is InChI=1S/C22H26FN3O2S/c1-12-5-7-15-18(9-12)29-22-19(15)21(27)24-20(25-22)13(2)26(3)11-14-6-8-17(28-4)16(23)10-14/h6,8,10,12-13H,5,7,9,11H2,1-4H3,(H,24,25,27)/t12-,13-/m1/s1. The van der Waals surface area contributed by atoms with Crippen LogP contribution in [0.5, 0.6) is 5.75 Å². The van der Waals surface area contributed by atoms with Crippen molar-refractivity contribution in [2.45, 2.75) is 45.7 Å². The molecule has 0 radical (unpaired) electrons. The Hall–Kier alpha value is -2.25. The molecule has 0 spiro atoms. The first-order valence-electron chi connectivity index (χ1n) is 9.94. The summed E-state index contributed by atoms with van der Waals surface area (Å²) in [7, 11) is 3.39. The van der Waals surface area contributed by atoms with Crippen molar-refractivity contribution in [1.29, 1.82) is 0 Å². The van der Waals surface area contributed by atoms with Crippen molar-refractivity contribution in [3.8, 4) is 5.75 Å². The normalized spacial score (nSPS) is 17.5. The number of aromatic nitrogens is 2. The first kappa shape index (κ1) is 20.0. The number of hydrogen-bond acceptors (Lipinski definition) is 5. The number of aromatic amines is 1. The minimum atomic E-state index is -0.377. The molecule has 29 heavy (non-hydrogen) atoms. The van der Waals surface area contributed by atoms with Gasteiger partial charge in [-0.2, -0.15) is 0 Å². The summed E-state index contributed by atoms with van der Waals surface area (Å²) in [6.45, 7) is 4.79. The molecule has 0 amide bonds. The highest BCUT2D eigenvalue weighted by Crippen LogP contribution is 2.36. The number of thiophene rings is 1. The first-order chi connectivity index (χ1) is 13.9. The van der Waals surface area contributed by atoms with Crippen LogP contribution in [0, 0.1) is 11.7 Å². The molecule has 0 bridgehead atoms. The molecule has 2 aromatic heterocycles. The second-order valence-corrected chi connectivity index (χ2v) is 9.13. The van der Waals surface area contributed by atoms with Gasteiger partial charge in [0.1, 0.15) is 10.7 Å². The Morgan fingerprint density at radius 1 is 1.45 bits per heavy atom. The van der Waals surface area contributed by atoms with E-state index < -0.39 is 0 Å². The first-order valence-corrected chi connectivity index (χ1v) is 10.8. The minimum absolute atomic E-state index is 0.0483. The smallest absolute Gasteiger partial charge is 0.259 e. The van der Waals surface area contributed by atoms with Crippen LogP contribution in [0.15, 0.2) is 23.0 Å². The van der Waals surface area contributed by atoms with Crippen LogP contribution in [0.2, 0.25) is 0 Å². The third-order valence-corrected chi connectivity index (χ3v) is 7.04. The van der Waals surface area contributed by atoms with Crippen LogP contribution in [-0.4, -0.2) is 29.0 Å². The van der Waals surface area contributed by atoms with E-state index in [2.05, 4.69) is 11.9 Å². The number of fused-ring (bicyclic) bond motifs is 3. The average molecular weight is 416 g/mol. The lowest BCUT2D eigenvalue weighted by atomic mass is 9.89. The van der Waals surface area contributed by atoms with Crippen LogP contribution in [-0.2, 0) is 19.4 Å². The summed E-state index contributed by atoms with van der Waals surface area (Å²) in [5, 5.41) is 0.771. The zero-order valence-electron chi connectivity index (χ0n) is 17.2. The van der Waals surface area contributed by atoms with Crippen molar-refractivity contribution in [1.82, 2.24) is 14.9 Å². The van der Waals surface area contributed by atoms with E-state index in [0.29, 0.717) is 18.3 Å². The van der Waals surface area contributed by atoms with Crippen molar-refractivity contribution in [3.05, 3.63) is 56.2 Å². The van der Waals surface area contributed by atoms with E-state index in [4.69, 9.17) is 9.72 Å². The molecule has 0 saturated carbocycles. The lowest BCUT2D eigenvalue weighted by Gasteiger charge is -2.24. The summed E-state index contributed by atoms with van der Waals surface area (Å²) in [5.74, 6) is 1.16. The molecule has 7 heteroatoms. The maximum absolute atomic E-state index is 14.0. The molecule has 2 heterocycles. The van der Waals surface area contributed by atoms with Crippen molar-refractivity contribution < 1.29 is 9.13 Å². The largest absolute Gasteiger partial charge is 0.494 e. The second-order valence-electron chi connectivity index (χ2n) is 8.04. The molecular formula is C22H26FN3O2S. The van der Waals surface area contributed by atoms with Gasteiger partial charge in [0.2, 0.25) is 0 Å². The number of aryl methyl sites for hydroxylation is 1. The van der Waals surface area contributed by atoms with E-state index in [9.17, 15) is 9.18 Å². The fourth-order valence-electron chi connectivity index (χ4n) is 4.01. The van der Waals surface area contributed by atoms with Gasteiger partial charge in [0.05, 0.1) is 18.5 Å². The summed E-state index contributed by atoms with van der Waals surface area (Å²) < 4.78 is 19.0. The van der Waals surface area contributed by atoms with Gasteiger partial charge >= 0.3 is 0 Å². The quantitative estimate of drug-likeness (QED) is 0.669. The predicted octanol–water partition coefficient (Wildman–Crippen LogP) is 4.45. The summed E-state index contributed by atoms with van der Waals surface area (Å²) in [6, 6.07) is 4.84. The molecule has 3 aromatic rings. The maximum atomic E-state index is 14.0. The van der Waals surface area contributed by atoms with E-state index in [1.807, 2.05) is 24.9 Å². The van der Waals surface area contributed by atoms with Crippen LogP contribution >= 0.6 is 11.3 Å². The summed E-state index contributed by atoms with van der Waals surface area (Å²) in [5.41, 5.74) is 1.98. The number of hydrogen-bond donors (Lipinski definition) is 1. The number of methoxy groups -OCH3 is 1. The molecule has 2 atom stereocenters. The van der Waals surface area contributed by atoms with Gasteiger partial charge in [-0.1, -0.05) is 13.0 Å². The van der Waals surface area contributed by atoms with E-state index in [1.165, 1.54) is 23.6 Å². The molecule has 154 valence electrons. The zero-order valence-corrected chi connectivity index (χ0v) is 18.0. The molecule has 0 saturated heterocycles. The minimum Gasteiger partial charge on any atom is -0.494 e. The number of benzene rings is 1. The molecule has 0 aliphatic heterocycles. The van der Waals surface area contributed by atoms with Gasteiger partial charge in [0.15, 0.2) is 11.6 Å². The molecule has 1 aliphatic carbocycles. The fraction of sp³-hybridized carbons (Fsp3) is 0.455. The highest BCUT2D eigenvalue weighted by atomic mass is 32.1. The van der Waals surface area contributed by atoms with Gasteiger partial charge in [-0.3, -0.25) is 9.69 Å². The monoisotopic (exact) mass is 415 g/mol. The Morgan fingerprint density at radius 3 is 2.97 bits per heavy atom. The van der Waals surface area contributed by atoms with Crippen LogP contribution < -0.4 is 10.3 Å². The Bertz CT molecular complexity index is 1110. The lowest BCUT2D eigenvalue weighted by Crippen LogP contribution is -2.26.